The number of hydrogen-bond acceptors (Lipinski definition) is 3. The summed E-state index contributed by atoms with van der Waals surface area (Å²) < 4.78 is 15.7. The van der Waals surface area contributed by atoms with Crippen LogP contribution < -0.4 is 15.4 Å². The predicted octanol–water partition coefficient (Wildman–Crippen LogP) is 2.63. The summed E-state index contributed by atoms with van der Waals surface area (Å²) in [6.45, 7) is 0.385. The Labute approximate surface area is 167 Å². The molecule has 1 fully saturated rings. The standard InChI is InChI=1S/C21H25N3O3S/c1-22-20(26)24-21(15-25)13-5-8-18(21)14-23-28(27)19-11-9-17(10-12-19)16-6-3-2-4-7-16/h2-4,6-7,9-12,15,18,23H,5,8,13-14H2,1H3,(H2,22,24,26). The fourth-order valence-electron chi connectivity index (χ4n) is 3.67. The van der Waals surface area contributed by atoms with Crippen LogP contribution in [0.1, 0.15) is 19.3 Å². The van der Waals surface area contributed by atoms with Gasteiger partial charge in [0.05, 0.1) is 4.90 Å². The topological polar surface area (TPSA) is 87.3 Å². The molecule has 2 aromatic rings. The predicted molar refractivity (Wildman–Crippen MR) is 110 cm³/mol. The van der Waals surface area contributed by atoms with Gasteiger partial charge in [-0.3, -0.25) is 0 Å². The molecule has 0 radical (unpaired) electrons. The van der Waals surface area contributed by atoms with Crippen LogP contribution in [-0.4, -0.2) is 35.7 Å². The van der Waals surface area contributed by atoms with E-state index < -0.39 is 16.5 Å². The number of carbonyl (C=O) groups excluding carboxylic acids is 2. The first-order chi connectivity index (χ1) is 13.6. The van der Waals surface area contributed by atoms with Gasteiger partial charge in [0.25, 0.3) is 0 Å². The molecular formula is C21H25N3O3S. The second-order valence-electron chi connectivity index (χ2n) is 6.96. The number of rotatable bonds is 7. The molecule has 0 aliphatic heterocycles. The van der Waals surface area contributed by atoms with Crippen LogP contribution >= 0.6 is 0 Å². The molecule has 28 heavy (non-hydrogen) atoms. The second-order valence-corrected chi connectivity index (χ2v) is 8.26. The molecule has 0 heterocycles. The van der Waals surface area contributed by atoms with Crippen molar-refractivity contribution < 1.29 is 13.8 Å². The number of amides is 2. The van der Waals surface area contributed by atoms with E-state index in [9.17, 15) is 13.8 Å². The molecule has 7 heteroatoms. The number of carbonyl (C=O) groups is 2. The third kappa shape index (κ3) is 4.48. The molecule has 3 N–H and O–H groups in total. The molecular weight excluding hydrogens is 374 g/mol. The molecule has 0 aromatic heterocycles. The first-order valence-corrected chi connectivity index (χ1v) is 10.5. The fourth-order valence-corrected chi connectivity index (χ4v) is 4.57. The van der Waals surface area contributed by atoms with Gasteiger partial charge in [0.2, 0.25) is 0 Å². The largest absolute Gasteiger partial charge is 0.341 e. The zero-order valence-electron chi connectivity index (χ0n) is 15.8. The average Bonchev–Trinajstić information content (AvgIpc) is 3.15. The minimum absolute atomic E-state index is 0.102. The van der Waals surface area contributed by atoms with E-state index in [2.05, 4.69) is 15.4 Å². The van der Waals surface area contributed by atoms with Crippen LogP contribution in [0.3, 0.4) is 0 Å². The summed E-state index contributed by atoms with van der Waals surface area (Å²) in [5.41, 5.74) is 1.26. The Hall–Kier alpha value is -2.51. The quantitative estimate of drug-likeness (QED) is 0.626. The van der Waals surface area contributed by atoms with Crippen LogP contribution in [0.4, 0.5) is 4.79 Å². The van der Waals surface area contributed by atoms with Crippen LogP contribution in [0, 0.1) is 5.92 Å². The summed E-state index contributed by atoms with van der Waals surface area (Å²) in [6, 6.07) is 17.2. The van der Waals surface area contributed by atoms with Gasteiger partial charge in [0.15, 0.2) is 0 Å². The van der Waals surface area contributed by atoms with Gasteiger partial charge in [0.1, 0.15) is 22.8 Å². The van der Waals surface area contributed by atoms with E-state index in [1.807, 2.05) is 54.6 Å². The number of urea groups is 1. The van der Waals surface area contributed by atoms with Crippen molar-refractivity contribution in [2.45, 2.75) is 29.7 Å². The van der Waals surface area contributed by atoms with Crippen LogP contribution in [0.15, 0.2) is 59.5 Å². The van der Waals surface area contributed by atoms with Crippen molar-refractivity contribution in [2.24, 2.45) is 5.92 Å². The smallest absolute Gasteiger partial charge is 0.315 e. The normalized spacial score (nSPS) is 22.4. The second kappa shape index (κ2) is 9.12. The van der Waals surface area contributed by atoms with Crippen molar-refractivity contribution in [3.63, 3.8) is 0 Å². The Morgan fingerprint density at radius 1 is 1.14 bits per heavy atom. The number of aldehydes is 1. The molecule has 0 saturated heterocycles. The zero-order valence-corrected chi connectivity index (χ0v) is 16.6. The highest BCUT2D eigenvalue weighted by molar-refractivity contribution is 7.83. The summed E-state index contributed by atoms with van der Waals surface area (Å²) in [5.74, 6) is -0.102. The lowest BCUT2D eigenvalue weighted by atomic mass is 9.88. The first kappa shape index (κ1) is 20.2. The van der Waals surface area contributed by atoms with E-state index in [1.54, 1.807) is 0 Å². The third-order valence-corrected chi connectivity index (χ3v) is 6.42. The maximum atomic E-state index is 12.6. The zero-order chi connectivity index (χ0) is 20.0. The SMILES string of the molecule is CNC(=O)NC1(C=O)CCCC1CNS(=O)c1ccc(-c2ccccc2)cc1. The van der Waals surface area contributed by atoms with Crippen molar-refractivity contribution >= 4 is 23.3 Å². The minimum atomic E-state index is -1.39. The van der Waals surface area contributed by atoms with E-state index in [0.29, 0.717) is 17.9 Å². The molecule has 3 rings (SSSR count). The van der Waals surface area contributed by atoms with Gasteiger partial charge in [-0.1, -0.05) is 48.9 Å². The van der Waals surface area contributed by atoms with E-state index >= 15 is 0 Å². The van der Waals surface area contributed by atoms with Gasteiger partial charge in [0, 0.05) is 19.5 Å². The molecule has 1 saturated carbocycles. The fraction of sp³-hybridized carbons (Fsp3) is 0.333. The molecule has 2 amide bonds. The van der Waals surface area contributed by atoms with Crippen molar-refractivity contribution in [2.75, 3.05) is 13.6 Å². The van der Waals surface area contributed by atoms with Gasteiger partial charge in [-0.05, 0) is 36.1 Å². The molecule has 0 spiro atoms. The van der Waals surface area contributed by atoms with Gasteiger partial charge in [-0.15, -0.1) is 0 Å². The minimum Gasteiger partial charge on any atom is -0.341 e. The van der Waals surface area contributed by atoms with Crippen LogP contribution in [0.5, 0.6) is 0 Å². The van der Waals surface area contributed by atoms with Crippen LogP contribution in [0.25, 0.3) is 11.1 Å². The Bertz CT molecular complexity index is 842. The maximum Gasteiger partial charge on any atom is 0.315 e. The lowest BCUT2D eigenvalue weighted by Crippen LogP contribution is -2.56. The van der Waals surface area contributed by atoms with Gasteiger partial charge < -0.3 is 15.4 Å². The highest BCUT2D eigenvalue weighted by Crippen LogP contribution is 2.34. The summed E-state index contributed by atoms with van der Waals surface area (Å²) in [5, 5.41) is 5.27. The number of hydrogen-bond donors (Lipinski definition) is 3. The van der Waals surface area contributed by atoms with Crippen LogP contribution in [-0.2, 0) is 15.8 Å². The molecule has 148 valence electrons. The molecule has 6 nitrogen and oxygen atoms in total. The Morgan fingerprint density at radius 2 is 1.82 bits per heavy atom. The third-order valence-electron chi connectivity index (χ3n) is 5.29. The maximum absolute atomic E-state index is 12.6. The highest BCUT2D eigenvalue weighted by atomic mass is 32.2. The van der Waals surface area contributed by atoms with Crippen molar-refractivity contribution in [1.29, 1.82) is 0 Å². The molecule has 2 aromatic carbocycles. The summed E-state index contributed by atoms with van der Waals surface area (Å²) in [6.07, 6.45) is 3.04. The van der Waals surface area contributed by atoms with Crippen molar-refractivity contribution in [1.82, 2.24) is 15.4 Å². The van der Waals surface area contributed by atoms with Gasteiger partial charge >= 0.3 is 6.03 Å². The average molecular weight is 400 g/mol. The monoisotopic (exact) mass is 399 g/mol. The van der Waals surface area contributed by atoms with E-state index in [1.165, 1.54) is 7.05 Å². The molecule has 1 aliphatic rings. The molecule has 0 bridgehead atoms. The van der Waals surface area contributed by atoms with Crippen LogP contribution in [0.2, 0.25) is 0 Å². The first-order valence-electron chi connectivity index (χ1n) is 9.35. The van der Waals surface area contributed by atoms with Gasteiger partial charge in [-0.2, -0.15) is 0 Å². The van der Waals surface area contributed by atoms with Crippen molar-refractivity contribution in [3.05, 3.63) is 54.6 Å². The van der Waals surface area contributed by atoms with Gasteiger partial charge in [-0.25, -0.2) is 13.7 Å². The number of nitrogens with one attached hydrogen (secondary N) is 3. The Balaban J connectivity index is 1.63. The summed E-state index contributed by atoms with van der Waals surface area (Å²) in [4.78, 5) is 24.1. The summed E-state index contributed by atoms with van der Waals surface area (Å²) >= 11 is 0. The van der Waals surface area contributed by atoms with E-state index in [0.717, 1.165) is 30.3 Å². The molecule has 3 atom stereocenters. The highest BCUT2D eigenvalue weighted by Gasteiger charge is 2.44. The Kier molecular flexibility index (Phi) is 6.59. The molecule has 1 aliphatic carbocycles. The Morgan fingerprint density at radius 3 is 2.46 bits per heavy atom. The summed E-state index contributed by atoms with van der Waals surface area (Å²) in [7, 11) is 0.130. The van der Waals surface area contributed by atoms with E-state index in [4.69, 9.17) is 0 Å². The van der Waals surface area contributed by atoms with Crippen molar-refractivity contribution in [3.8, 4) is 11.1 Å². The molecule has 3 unspecified atom stereocenters. The van der Waals surface area contributed by atoms with E-state index in [-0.39, 0.29) is 11.9 Å². The number of benzene rings is 2. The lowest BCUT2D eigenvalue weighted by molar-refractivity contribution is -0.114. The lowest BCUT2D eigenvalue weighted by Gasteiger charge is -2.31.